The van der Waals surface area contributed by atoms with Crippen LogP contribution >= 0.6 is 0 Å². The van der Waals surface area contributed by atoms with Gasteiger partial charge in [0.1, 0.15) is 12.1 Å². The van der Waals surface area contributed by atoms with E-state index in [0.29, 0.717) is 64.8 Å². The van der Waals surface area contributed by atoms with Crippen LogP contribution in [0.4, 0.5) is 0 Å². The van der Waals surface area contributed by atoms with Gasteiger partial charge in [-0.2, -0.15) is 0 Å². The van der Waals surface area contributed by atoms with E-state index in [1.54, 1.807) is 0 Å². The van der Waals surface area contributed by atoms with Crippen molar-refractivity contribution in [3.8, 4) is 0 Å². The predicted molar refractivity (Wildman–Crippen MR) is 165 cm³/mol. The van der Waals surface area contributed by atoms with Crippen molar-refractivity contribution in [1.29, 1.82) is 0 Å². The Hall–Kier alpha value is -2.28. The molecule has 0 spiro atoms. The second-order valence-corrected chi connectivity index (χ2v) is 11.0. The number of hydrogen-bond donors (Lipinski definition) is 8. The lowest BCUT2D eigenvalue weighted by Gasteiger charge is -2.26. The molecule has 0 radical (unpaired) electrons. The monoisotopic (exact) mass is 584 g/mol. The Morgan fingerprint density at radius 3 is 1.39 bits per heavy atom. The summed E-state index contributed by atoms with van der Waals surface area (Å²) in [5.74, 6) is -0.865. The molecule has 4 amide bonds. The van der Waals surface area contributed by atoms with Crippen LogP contribution in [-0.2, 0) is 19.2 Å². The van der Waals surface area contributed by atoms with Crippen molar-refractivity contribution in [2.75, 3.05) is 32.7 Å². The molecule has 0 aliphatic carbocycles. The third kappa shape index (κ3) is 21.1. The minimum Gasteiger partial charge on any atom is -0.356 e. The average Bonchev–Trinajstić information content (AvgIpc) is 2.92. The molecule has 11 N–H and O–H groups in total. The molecule has 0 aromatic heterocycles. The van der Waals surface area contributed by atoms with Gasteiger partial charge in [-0.25, -0.2) is 0 Å². The first kappa shape index (κ1) is 38.7. The van der Waals surface area contributed by atoms with E-state index in [4.69, 9.17) is 17.2 Å². The van der Waals surface area contributed by atoms with Crippen LogP contribution in [0.3, 0.4) is 0 Å². The van der Waals surface area contributed by atoms with Crippen LogP contribution < -0.4 is 43.8 Å². The van der Waals surface area contributed by atoms with Crippen LogP contribution in [0.5, 0.6) is 0 Å². The molecule has 0 fully saturated rings. The highest BCUT2D eigenvalue weighted by molar-refractivity contribution is 5.93. The SMILES string of the molecule is CC(=O)NCCCCCCNC(=O)C(CCCCN)NC(=O)C(CCCCN)NC(=O)C(CCCCN)NC(C)C. The van der Waals surface area contributed by atoms with Crippen LogP contribution in [-0.4, -0.2) is 80.5 Å². The molecule has 0 bridgehead atoms. The van der Waals surface area contributed by atoms with E-state index >= 15 is 0 Å². The highest BCUT2D eigenvalue weighted by Gasteiger charge is 2.28. The van der Waals surface area contributed by atoms with Gasteiger partial charge < -0.3 is 43.8 Å². The van der Waals surface area contributed by atoms with Gasteiger partial charge in [0, 0.05) is 26.1 Å². The maximum atomic E-state index is 13.4. The van der Waals surface area contributed by atoms with E-state index < -0.39 is 18.1 Å². The summed E-state index contributed by atoms with van der Waals surface area (Å²) in [5, 5.41) is 14.9. The highest BCUT2D eigenvalue weighted by Crippen LogP contribution is 2.08. The van der Waals surface area contributed by atoms with Crippen LogP contribution in [0.15, 0.2) is 0 Å². The van der Waals surface area contributed by atoms with Gasteiger partial charge >= 0.3 is 0 Å². The van der Waals surface area contributed by atoms with Gasteiger partial charge in [-0.15, -0.1) is 0 Å². The number of carbonyl (C=O) groups is 4. The van der Waals surface area contributed by atoms with Crippen molar-refractivity contribution in [3.63, 3.8) is 0 Å². The fraction of sp³-hybridized carbons (Fsp3) is 0.862. The summed E-state index contributed by atoms with van der Waals surface area (Å²) in [6.45, 7) is 8.18. The Morgan fingerprint density at radius 2 is 0.951 bits per heavy atom. The standard InChI is InChI=1S/C29H60N8O4/c1-22(2)35-25(15-7-10-18-31)28(40)37-26(16-8-11-19-32)29(41)36-24(14-6-9-17-30)27(39)34-21-13-5-4-12-20-33-23(3)38/h22,24-26,35H,4-21,30-32H2,1-3H3,(H,33,38)(H,34,39)(H,36,41)(H,37,40). The zero-order chi connectivity index (χ0) is 30.9. The fourth-order valence-electron chi connectivity index (χ4n) is 4.46. The van der Waals surface area contributed by atoms with Crippen molar-refractivity contribution in [3.05, 3.63) is 0 Å². The van der Waals surface area contributed by atoms with Gasteiger partial charge in [-0.3, -0.25) is 19.2 Å². The lowest BCUT2D eigenvalue weighted by molar-refractivity contribution is -0.133. The second-order valence-electron chi connectivity index (χ2n) is 11.0. The van der Waals surface area contributed by atoms with E-state index in [1.807, 2.05) is 13.8 Å². The molecule has 0 rings (SSSR count). The molecule has 0 saturated heterocycles. The average molecular weight is 585 g/mol. The topological polar surface area (TPSA) is 206 Å². The Bertz CT molecular complexity index is 723. The van der Waals surface area contributed by atoms with E-state index in [1.165, 1.54) is 6.92 Å². The first-order valence-corrected chi connectivity index (χ1v) is 15.6. The normalized spacial score (nSPS) is 13.3. The molecule has 3 atom stereocenters. The fourth-order valence-corrected chi connectivity index (χ4v) is 4.46. The summed E-state index contributed by atoms with van der Waals surface area (Å²) in [5.41, 5.74) is 17.0. The first-order valence-electron chi connectivity index (χ1n) is 15.6. The molecular formula is C29H60N8O4. The molecule has 240 valence electrons. The van der Waals surface area contributed by atoms with E-state index in [9.17, 15) is 19.2 Å². The van der Waals surface area contributed by atoms with Crippen molar-refractivity contribution in [1.82, 2.24) is 26.6 Å². The summed E-state index contributed by atoms with van der Waals surface area (Å²) in [4.78, 5) is 50.6. The molecule has 0 aromatic rings. The van der Waals surface area contributed by atoms with Gasteiger partial charge in [0.25, 0.3) is 0 Å². The van der Waals surface area contributed by atoms with Crippen molar-refractivity contribution < 1.29 is 19.2 Å². The summed E-state index contributed by atoms with van der Waals surface area (Å²) in [6, 6.07) is -1.82. The molecule has 0 aliphatic heterocycles. The number of carbonyl (C=O) groups excluding carboxylic acids is 4. The Morgan fingerprint density at radius 1 is 0.537 bits per heavy atom. The Labute approximate surface area is 247 Å². The largest absolute Gasteiger partial charge is 0.356 e. The molecule has 41 heavy (non-hydrogen) atoms. The van der Waals surface area contributed by atoms with Crippen LogP contribution in [0.2, 0.25) is 0 Å². The third-order valence-corrected chi connectivity index (χ3v) is 6.73. The van der Waals surface area contributed by atoms with Gasteiger partial charge in [-0.1, -0.05) is 33.1 Å². The smallest absolute Gasteiger partial charge is 0.243 e. The Balaban J connectivity index is 5.21. The van der Waals surface area contributed by atoms with Crippen molar-refractivity contribution in [2.45, 2.75) is 128 Å². The van der Waals surface area contributed by atoms with Crippen LogP contribution in [0.25, 0.3) is 0 Å². The summed E-state index contributed by atoms with van der Waals surface area (Å²) < 4.78 is 0. The zero-order valence-electron chi connectivity index (χ0n) is 25.9. The summed E-state index contributed by atoms with van der Waals surface area (Å²) >= 11 is 0. The minimum atomic E-state index is -0.770. The van der Waals surface area contributed by atoms with E-state index in [2.05, 4.69) is 26.6 Å². The molecule has 0 aromatic carbocycles. The van der Waals surface area contributed by atoms with Gasteiger partial charge in [-0.05, 0) is 83.8 Å². The summed E-state index contributed by atoms with van der Waals surface area (Å²) in [6.07, 6.45) is 9.57. The molecule has 3 unspecified atom stereocenters. The number of unbranched alkanes of at least 4 members (excludes halogenated alkanes) is 6. The maximum absolute atomic E-state index is 13.4. The Kier molecular flexibility index (Phi) is 24.0. The van der Waals surface area contributed by atoms with Gasteiger partial charge in [0.05, 0.1) is 6.04 Å². The second kappa shape index (κ2) is 25.4. The van der Waals surface area contributed by atoms with Crippen molar-refractivity contribution >= 4 is 23.6 Å². The first-order chi connectivity index (χ1) is 19.7. The van der Waals surface area contributed by atoms with E-state index in [-0.39, 0.29) is 29.7 Å². The molecule has 0 heterocycles. The number of nitrogens with one attached hydrogen (secondary N) is 5. The quantitative estimate of drug-likeness (QED) is 0.0671. The van der Waals surface area contributed by atoms with E-state index in [0.717, 1.165) is 51.4 Å². The van der Waals surface area contributed by atoms with Crippen molar-refractivity contribution in [2.24, 2.45) is 17.2 Å². The zero-order valence-corrected chi connectivity index (χ0v) is 25.9. The van der Waals surface area contributed by atoms with Gasteiger partial charge in [0.15, 0.2) is 0 Å². The molecular weight excluding hydrogens is 524 g/mol. The maximum Gasteiger partial charge on any atom is 0.243 e. The minimum absolute atomic E-state index is 0.0317. The highest BCUT2D eigenvalue weighted by atomic mass is 16.2. The predicted octanol–water partition coefficient (Wildman–Crippen LogP) is 0.522. The molecule has 12 nitrogen and oxygen atoms in total. The molecule has 0 saturated carbocycles. The van der Waals surface area contributed by atoms with Crippen LogP contribution in [0.1, 0.15) is 104 Å². The lowest BCUT2D eigenvalue weighted by atomic mass is 10.0. The van der Waals surface area contributed by atoms with Crippen LogP contribution in [0, 0.1) is 0 Å². The molecule has 12 heteroatoms. The lowest BCUT2D eigenvalue weighted by Crippen LogP contribution is -2.56. The molecule has 0 aliphatic rings. The number of amides is 4. The number of hydrogen-bond acceptors (Lipinski definition) is 8. The number of nitrogens with two attached hydrogens (primary N) is 3. The number of rotatable bonds is 26. The third-order valence-electron chi connectivity index (χ3n) is 6.73. The summed E-state index contributed by atoms with van der Waals surface area (Å²) in [7, 11) is 0. The van der Waals surface area contributed by atoms with Gasteiger partial charge in [0.2, 0.25) is 23.6 Å².